The van der Waals surface area contributed by atoms with E-state index in [1.807, 2.05) is 24.3 Å². The highest BCUT2D eigenvalue weighted by Crippen LogP contribution is 2.35. The number of ether oxygens (including phenoxy) is 1. The maximum Gasteiger partial charge on any atom is 0.313 e. The number of rotatable bonds is 10. The largest absolute Gasteiger partial charge is 0.461 e. The summed E-state index contributed by atoms with van der Waals surface area (Å²) in [6.07, 6.45) is 3.15. The Kier molecular flexibility index (Phi) is 10.3. The van der Waals surface area contributed by atoms with Crippen molar-refractivity contribution in [3.05, 3.63) is 34.3 Å². The molecule has 0 saturated carbocycles. The van der Waals surface area contributed by atoms with Gasteiger partial charge in [0.25, 0.3) is 0 Å². The number of benzene rings is 1. The van der Waals surface area contributed by atoms with Crippen LogP contribution in [0.3, 0.4) is 0 Å². The van der Waals surface area contributed by atoms with Gasteiger partial charge in [0.15, 0.2) is 8.32 Å². The van der Waals surface area contributed by atoms with E-state index in [0.29, 0.717) is 6.42 Å². The van der Waals surface area contributed by atoms with Crippen LogP contribution in [0.4, 0.5) is 0 Å². The second kappa shape index (κ2) is 11.0. The molecule has 160 valence electrons. The number of esters is 1. The van der Waals surface area contributed by atoms with Gasteiger partial charge in [-0.05, 0) is 63.0 Å². The zero-order valence-corrected chi connectivity index (χ0v) is 22.0. The minimum absolute atomic E-state index is 0.242. The van der Waals surface area contributed by atoms with Crippen molar-refractivity contribution in [2.24, 2.45) is 0 Å². The quantitative estimate of drug-likeness (QED) is 0.176. The van der Waals surface area contributed by atoms with Crippen LogP contribution in [0.15, 0.2) is 28.7 Å². The Hall–Kier alpha value is 0.217. The fourth-order valence-electron chi connectivity index (χ4n) is 3.23. The van der Waals surface area contributed by atoms with Crippen LogP contribution in [-0.4, -0.2) is 30.3 Å². The van der Waals surface area contributed by atoms with Gasteiger partial charge >= 0.3 is 5.97 Å². The van der Waals surface area contributed by atoms with E-state index in [1.54, 1.807) is 0 Å². The van der Waals surface area contributed by atoms with E-state index >= 15 is 0 Å². The molecule has 1 aromatic carbocycles. The summed E-state index contributed by atoms with van der Waals surface area (Å²) in [5.41, 5.74) is 0.639. The lowest BCUT2D eigenvalue weighted by Gasteiger charge is -2.39. The highest BCUT2D eigenvalue weighted by atomic mass is 79.9. The first-order valence-corrected chi connectivity index (χ1v) is 14.8. The first-order valence-electron chi connectivity index (χ1n) is 9.50. The third kappa shape index (κ3) is 9.35. The number of carbonyl (C=O) groups excluding carboxylic acids is 1. The summed E-state index contributed by atoms with van der Waals surface area (Å²) in [6.45, 7) is 10.6. The third-order valence-electron chi connectivity index (χ3n) is 4.63. The summed E-state index contributed by atoms with van der Waals surface area (Å²) >= 11 is 20.7. The van der Waals surface area contributed by atoms with Crippen molar-refractivity contribution in [2.75, 3.05) is 6.61 Å². The van der Waals surface area contributed by atoms with Gasteiger partial charge in [0, 0.05) is 4.47 Å². The Morgan fingerprint density at radius 2 is 1.64 bits per heavy atom. The lowest BCUT2D eigenvalue weighted by atomic mass is 9.85. The normalized spacial score (nSPS) is 14.0. The first-order chi connectivity index (χ1) is 12.8. The molecule has 0 radical (unpaired) electrons. The van der Waals surface area contributed by atoms with E-state index in [0.717, 1.165) is 29.3 Å². The molecule has 0 unspecified atom stereocenters. The molecule has 0 fully saturated rings. The molecule has 0 spiro atoms. The highest BCUT2D eigenvalue weighted by molar-refractivity contribution is 9.10. The van der Waals surface area contributed by atoms with Gasteiger partial charge in [0.1, 0.15) is 6.61 Å². The molecular formula is C20H30BrCl3O3Si. The third-order valence-corrected chi connectivity index (χ3v) is 6.54. The molecule has 1 atom stereocenters. The number of alkyl halides is 3. The van der Waals surface area contributed by atoms with Gasteiger partial charge < -0.3 is 9.16 Å². The summed E-state index contributed by atoms with van der Waals surface area (Å²) in [4.78, 5) is 12.8. The van der Waals surface area contributed by atoms with Crippen LogP contribution in [-0.2, 0) is 14.0 Å². The van der Waals surface area contributed by atoms with E-state index < -0.39 is 18.0 Å². The molecular weight excluding hydrogens is 503 g/mol. The topological polar surface area (TPSA) is 35.5 Å². The second-order valence-electron chi connectivity index (χ2n) is 7.97. The molecule has 0 bridgehead atoms. The molecule has 0 amide bonds. The predicted molar refractivity (Wildman–Crippen MR) is 125 cm³/mol. The summed E-state index contributed by atoms with van der Waals surface area (Å²) < 4.78 is 11.2. The number of carbonyl (C=O) groups is 1. The lowest BCUT2D eigenvalue weighted by molar-refractivity contribution is -0.145. The van der Waals surface area contributed by atoms with Crippen molar-refractivity contribution < 1.29 is 14.0 Å². The van der Waals surface area contributed by atoms with E-state index in [9.17, 15) is 4.79 Å². The Labute approximate surface area is 193 Å². The number of halogens is 4. The lowest BCUT2D eigenvalue weighted by Crippen LogP contribution is -2.42. The van der Waals surface area contributed by atoms with Gasteiger partial charge in [-0.25, -0.2) is 0 Å². The fourth-order valence-corrected chi connectivity index (χ4v) is 5.34. The SMILES string of the molecule is CCC(CC)(CC[C@H](C(=O)OCC(Cl)(Cl)Cl)c1ccc(Br)cc1)O[Si](C)(C)C. The van der Waals surface area contributed by atoms with E-state index in [2.05, 4.69) is 49.4 Å². The van der Waals surface area contributed by atoms with E-state index in [4.69, 9.17) is 44.0 Å². The minimum Gasteiger partial charge on any atom is -0.461 e. The van der Waals surface area contributed by atoms with Crippen molar-refractivity contribution in [3.8, 4) is 0 Å². The number of hydrogen-bond donors (Lipinski definition) is 0. The van der Waals surface area contributed by atoms with Crippen LogP contribution in [0, 0.1) is 0 Å². The standard InChI is InChI=1S/C20H30BrCl3O3Si/c1-6-19(7-2,27-28(3,4)5)13-12-17(15-8-10-16(21)11-9-15)18(25)26-14-20(22,23)24/h8-11,17H,6-7,12-14H2,1-5H3/t17-/m0/s1. The van der Waals surface area contributed by atoms with Crippen molar-refractivity contribution in [3.63, 3.8) is 0 Å². The van der Waals surface area contributed by atoms with Crippen LogP contribution in [0.5, 0.6) is 0 Å². The Morgan fingerprint density at radius 1 is 1.11 bits per heavy atom. The molecule has 0 N–H and O–H groups in total. The monoisotopic (exact) mass is 530 g/mol. The summed E-state index contributed by atoms with van der Waals surface area (Å²) in [6, 6.07) is 7.67. The minimum atomic E-state index is -1.74. The molecule has 0 aromatic heterocycles. The Balaban J connectivity index is 3.04. The van der Waals surface area contributed by atoms with Crippen molar-refractivity contribution in [1.82, 2.24) is 0 Å². The second-order valence-corrected chi connectivity index (χ2v) is 15.8. The molecule has 1 rings (SSSR count). The van der Waals surface area contributed by atoms with E-state index in [-0.39, 0.29) is 18.2 Å². The van der Waals surface area contributed by atoms with Crippen LogP contribution < -0.4 is 0 Å². The van der Waals surface area contributed by atoms with Crippen LogP contribution >= 0.6 is 50.7 Å². The molecule has 0 aliphatic heterocycles. The van der Waals surface area contributed by atoms with Crippen LogP contribution in [0.1, 0.15) is 51.0 Å². The molecule has 0 aliphatic carbocycles. The predicted octanol–water partition coefficient (Wildman–Crippen LogP) is 7.64. The average Bonchev–Trinajstić information content (AvgIpc) is 2.59. The van der Waals surface area contributed by atoms with Gasteiger partial charge in [0.2, 0.25) is 3.79 Å². The smallest absolute Gasteiger partial charge is 0.313 e. The summed E-state index contributed by atoms with van der Waals surface area (Å²) in [7, 11) is -1.74. The van der Waals surface area contributed by atoms with Gasteiger partial charge in [-0.15, -0.1) is 0 Å². The molecule has 3 nitrogen and oxygen atoms in total. The number of hydrogen-bond acceptors (Lipinski definition) is 3. The fraction of sp³-hybridized carbons (Fsp3) is 0.650. The molecule has 0 heterocycles. The summed E-state index contributed by atoms with van der Waals surface area (Å²) in [5.74, 6) is -0.828. The van der Waals surface area contributed by atoms with Crippen molar-refractivity contribution in [1.29, 1.82) is 0 Å². The van der Waals surface area contributed by atoms with Crippen molar-refractivity contribution in [2.45, 2.75) is 74.5 Å². The zero-order chi connectivity index (χ0) is 21.6. The summed E-state index contributed by atoms with van der Waals surface area (Å²) in [5, 5.41) is 0. The van der Waals surface area contributed by atoms with Crippen molar-refractivity contribution >= 4 is 65.0 Å². The zero-order valence-electron chi connectivity index (χ0n) is 17.2. The molecule has 0 aliphatic rings. The van der Waals surface area contributed by atoms with Crippen LogP contribution in [0.2, 0.25) is 19.6 Å². The van der Waals surface area contributed by atoms with Gasteiger partial charge in [-0.3, -0.25) is 4.79 Å². The molecule has 1 aromatic rings. The van der Waals surface area contributed by atoms with Gasteiger partial charge in [-0.2, -0.15) is 0 Å². The Morgan fingerprint density at radius 3 is 2.07 bits per heavy atom. The van der Waals surface area contributed by atoms with E-state index in [1.165, 1.54) is 0 Å². The maximum absolute atomic E-state index is 12.8. The highest BCUT2D eigenvalue weighted by Gasteiger charge is 2.35. The average molecular weight is 533 g/mol. The van der Waals surface area contributed by atoms with Gasteiger partial charge in [0.05, 0.1) is 11.5 Å². The van der Waals surface area contributed by atoms with Gasteiger partial charge in [-0.1, -0.05) is 76.7 Å². The molecule has 0 saturated heterocycles. The van der Waals surface area contributed by atoms with Crippen LogP contribution in [0.25, 0.3) is 0 Å². The first kappa shape index (κ1) is 26.3. The maximum atomic E-state index is 12.8. The molecule has 8 heteroatoms. The Bertz CT molecular complexity index is 623. The molecule has 28 heavy (non-hydrogen) atoms.